The van der Waals surface area contributed by atoms with Gasteiger partial charge in [-0.1, -0.05) is 12.1 Å². The third-order valence-corrected chi connectivity index (χ3v) is 5.12. The lowest BCUT2D eigenvalue weighted by Gasteiger charge is -2.30. The summed E-state index contributed by atoms with van der Waals surface area (Å²) < 4.78 is 5.37. The number of hydrogen-bond acceptors (Lipinski definition) is 3. The lowest BCUT2D eigenvalue weighted by molar-refractivity contribution is 0.0909. The van der Waals surface area contributed by atoms with Gasteiger partial charge in [-0.05, 0) is 55.0 Å². The van der Waals surface area contributed by atoms with Gasteiger partial charge in [0, 0.05) is 30.1 Å². The molecule has 23 heavy (non-hydrogen) atoms. The van der Waals surface area contributed by atoms with Crippen LogP contribution in [0.3, 0.4) is 0 Å². The summed E-state index contributed by atoms with van der Waals surface area (Å²) in [6, 6.07) is 12.0. The first-order valence-electron chi connectivity index (χ1n) is 8.33. The number of fused-ring (bicyclic) bond motifs is 3. The molecule has 4 rings (SSSR count). The number of rotatable bonds is 3. The molecule has 0 aliphatic carbocycles. The Bertz CT molecular complexity index is 731. The molecule has 2 fully saturated rings. The minimum Gasteiger partial charge on any atom is -0.496 e. The molecule has 120 valence electrons. The summed E-state index contributed by atoms with van der Waals surface area (Å²) in [4.78, 5) is 15.0. The second-order valence-electron chi connectivity index (χ2n) is 6.72. The normalized spacial score (nSPS) is 26.2. The molecule has 3 atom stereocenters. The van der Waals surface area contributed by atoms with Gasteiger partial charge in [0.2, 0.25) is 0 Å². The van der Waals surface area contributed by atoms with Gasteiger partial charge < -0.3 is 15.0 Å². The Morgan fingerprint density at radius 1 is 1.26 bits per heavy atom. The van der Waals surface area contributed by atoms with Crippen molar-refractivity contribution in [3.05, 3.63) is 42.0 Å². The lowest BCUT2D eigenvalue weighted by Crippen LogP contribution is -2.47. The summed E-state index contributed by atoms with van der Waals surface area (Å²) >= 11 is 0. The van der Waals surface area contributed by atoms with E-state index in [1.165, 1.54) is 19.5 Å². The molecule has 4 nitrogen and oxygen atoms in total. The van der Waals surface area contributed by atoms with E-state index in [1.807, 2.05) is 36.4 Å². The number of methoxy groups -OCH3 is 1. The molecule has 2 heterocycles. The van der Waals surface area contributed by atoms with E-state index in [0.717, 1.165) is 41.0 Å². The number of carbonyl (C=O) groups is 1. The summed E-state index contributed by atoms with van der Waals surface area (Å²) in [5.41, 5.74) is 0.721. The number of piperidine rings is 1. The molecule has 2 aliphatic heterocycles. The highest BCUT2D eigenvalue weighted by molar-refractivity contribution is 6.00. The molecule has 3 unspecified atom stereocenters. The Hall–Kier alpha value is -2.07. The fourth-order valence-corrected chi connectivity index (χ4v) is 4.01. The van der Waals surface area contributed by atoms with E-state index < -0.39 is 0 Å². The van der Waals surface area contributed by atoms with E-state index >= 15 is 0 Å². The number of ether oxygens (including phenoxy) is 1. The van der Waals surface area contributed by atoms with Crippen molar-refractivity contribution in [2.75, 3.05) is 26.7 Å². The van der Waals surface area contributed by atoms with Gasteiger partial charge in [-0.3, -0.25) is 4.79 Å². The van der Waals surface area contributed by atoms with E-state index in [9.17, 15) is 4.79 Å². The summed E-state index contributed by atoms with van der Waals surface area (Å²) in [5, 5.41) is 5.28. The van der Waals surface area contributed by atoms with E-state index in [4.69, 9.17) is 4.74 Å². The van der Waals surface area contributed by atoms with Crippen LogP contribution in [0.15, 0.2) is 36.4 Å². The summed E-state index contributed by atoms with van der Waals surface area (Å²) in [5.74, 6) is 1.63. The molecule has 0 saturated carbocycles. The zero-order valence-corrected chi connectivity index (χ0v) is 13.4. The first-order valence-corrected chi connectivity index (χ1v) is 8.33. The van der Waals surface area contributed by atoms with Gasteiger partial charge in [-0.2, -0.15) is 0 Å². The second-order valence-corrected chi connectivity index (χ2v) is 6.72. The van der Waals surface area contributed by atoms with E-state index in [0.29, 0.717) is 0 Å². The SMILES string of the molecule is COc1cccc2cc(C(=O)NC3CC4CCN(C4)C3)ccc12. The average molecular weight is 310 g/mol. The van der Waals surface area contributed by atoms with Crippen molar-refractivity contribution in [1.82, 2.24) is 10.2 Å². The van der Waals surface area contributed by atoms with Crippen molar-refractivity contribution in [2.45, 2.75) is 18.9 Å². The highest BCUT2D eigenvalue weighted by atomic mass is 16.5. The smallest absolute Gasteiger partial charge is 0.251 e. The highest BCUT2D eigenvalue weighted by Crippen LogP contribution is 2.28. The number of amides is 1. The first-order chi connectivity index (χ1) is 11.2. The molecule has 4 heteroatoms. The van der Waals surface area contributed by atoms with Crippen LogP contribution in [0, 0.1) is 5.92 Å². The Labute approximate surface area is 136 Å². The molecule has 1 amide bonds. The number of nitrogens with one attached hydrogen (secondary N) is 1. The summed E-state index contributed by atoms with van der Waals surface area (Å²) in [6.45, 7) is 3.39. The maximum absolute atomic E-state index is 12.6. The van der Waals surface area contributed by atoms with Crippen molar-refractivity contribution in [3.63, 3.8) is 0 Å². The predicted octanol–water partition coefficient (Wildman–Crippen LogP) is 2.67. The van der Waals surface area contributed by atoms with Crippen molar-refractivity contribution in [1.29, 1.82) is 0 Å². The molecular weight excluding hydrogens is 288 g/mol. The molecule has 2 aliphatic rings. The number of hydrogen-bond donors (Lipinski definition) is 1. The monoisotopic (exact) mass is 310 g/mol. The molecular formula is C19H22N2O2. The maximum atomic E-state index is 12.6. The van der Waals surface area contributed by atoms with Gasteiger partial charge >= 0.3 is 0 Å². The number of nitrogens with zero attached hydrogens (tertiary/aromatic N) is 1. The molecule has 0 spiro atoms. The summed E-state index contributed by atoms with van der Waals surface area (Å²) in [6.07, 6.45) is 2.39. The molecule has 1 N–H and O–H groups in total. The maximum Gasteiger partial charge on any atom is 0.251 e. The highest BCUT2D eigenvalue weighted by Gasteiger charge is 2.32. The van der Waals surface area contributed by atoms with E-state index in [1.54, 1.807) is 7.11 Å². The Balaban J connectivity index is 1.53. The molecule has 0 aromatic heterocycles. The Morgan fingerprint density at radius 3 is 3.00 bits per heavy atom. The van der Waals surface area contributed by atoms with Crippen molar-refractivity contribution < 1.29 is 9.53 Å². The summed E-state index contributed by atoms with van der Waals surface area (Å²) in [7, 11) is 1.67. The van der Waals surface area contributed by atoms with E-state index in [-0.39, 0.29) is 11.9 Å². The standard InChI is InChI=1S/C19H22N2O2/c1-23-18-4-2-3-14-10-15(5-6-17(14)18)19(22)20-16-9-13-7-8-21(11-13)12-16/h2-6,10,13,16H,7-9,11-12H2,1H3,(H,20,22). The molecule has 0 radical (unpaired) electrons. The van der Waals surface area contributed by atoms with Crippen molar-refractivity contribution in [3.8, 4) is 5.75 Å². The fraction of sp³-hybridized carbons (Fsp3) is 0.421. The van der Waals surface area contributed by atoms with Crippen LogP contribution in [-0.2, 0) is 0 Å². The third kappa shape index (κ3) is 2.79. The molecule has 2 bridgehead atoms. The van der Waals surface area contributed by atoms with E-state index in [2.05, 4.69) is 10.2 Å². The zero-order valence-electron chi connectivity index (χ0n) is 13.4. The number of benzene rings is 2. The quantitative estimate of drug-likeness (QED) is 0.947. The van der Waals surface area contributed by atoms with Crippen LogP contribution in [0.25, 0.3) is 10.8 Å². The molecule has 2 saturated heterocycles. The van der Waals surface area contributed by atoms with Gasteiger partial charge in [0.05, 0.1) is 7.11 Å². The minimum absolute atomic E-state index is 0.0298. The van der Waals surface area contributed by atoms with Gasteiger partial charge in [0.15, 0.2) is 0 Å². The third-order valence-electron chi connectivity index (χ3n) is 5.12. The van der Waals surface area contributed by atoms with Gasteiger partial charge in [-0.25, -0.2) is 0 Å². The van der Waals surface area contributed by atoms with Crippen LogP contribution in [0.5, 0.6) is 5.75 Å². The topological polar surface area (TPSA) is 41.6 Å². The van der Waals surface area contributed by atoms with Crippen LogP contribution in [0.2, 0.25) is 0 Å². The lowest BCUT2D eigenvalue weighted by atomic mass is 9.96. The minimum atomic E-state index is 0.0298. The van der Waals surface area contributed by atoms with Crippen LogP contribution < -0.4 is 10.1 Å². The van der Waals surface area contributed by atoms with Gasteiger partial charge in [-0.15, -0.1) is 0 Å². The largest absolute Gasteiger partial charge is 0.496 e. The van der Waals surface area contributed by atoms with Crippen LogP contribution in [-0.4, -0.2) is 43.6 Å². The van der Waals surface area contributed by atoms with Gasteiger partial charge in [0.25, 0.3) is 5.91 Å². The van der Waals surface area contributed by atoms with Crippen LogP contribution in [0.1, 0.15) is 23.2 Å². The Kier molecular flexibility index (Phi) is 3.69. The second kappa shape index (κ2) is 5.85. The Morgan fingerprint density at radius 2 is 2.17 bits per heavy atom. The fourth-order valence-electron chi connectivity index (χ4n) is 4.01. The first kappa shape index (κ1) is 14.5. The zero-order chi connectivity index (χ0) is 15.8. The molecule has 2 aromatic carbocycles. The average Bonchev–Trinajstić information content (AvgIpc) is 2.92. The predicted molar refractivity (Wildman–Crippen MR) is 90.9 cm³/mol. The number of carbonyl (C=O) groups excluding carboxylic acids is 1. The van der Waals surface area contributed by atoms with Gasteiger partial charge in [0.1, 0.15) is 5.75 Å². The molecule has 2 aromatic rings. The van der Waals surface area contributed by atoms with Crippen LogP contribution in [0.4, 0.5) is 0 Å². The van der Waals surface area contributed by atoms with Crippen molar-refractivity contribution >= 4 is 16.7 Å². The van der Waals surface area contributed by atoms with Crippen molar-refractivity contribution in [2.24, 2.45) is 5.92 Å². The van der Waals surface area contributed by atoms with Crippen LogP contribution >= 0.6 is 0 Å².